The van der Waals surface area contributed by atoms with Gasteiger partial charge in [0.15, 0.2) is 0 Å². The zero-order chi connectivity index (χ0) is 14.0. The normalized spacial score (nSPS) is 19.4. The molecule has 1 N–H and O–H groups in total. The summed E-state index contributed by atoms with van der Waals surface area (Å²) >= 11 is 3.10. The van der Waals surface area contributed by atoms with Crippen molar-refractivity contribution in [1.82, 2.24) is 10.2 Å². The summed E-state index contributed by atoms with van der Waals surface area (Å²) in [7, 11) is 2.00. The van der Waals surface area contributed by atoms with E-state index >= 15 is 0 Å². The number of nitro benzene ring substituents is 1. The van der Waals surface area contributed by atoms with Crippen molar-refractivity contribution in [3.8, 4) is 0 Å². The monoisotopic (exact) mass is 327 g/mol. The average Bonchev–Trinajstić information content (AvgIpc) is 2.74. The Bertz CT molecular complexity index is 521. The summed E-state index contributed by atoms with van der Waals surface area (Å²) in [5.74, 6) is -0.268. The summed E-state index contributed by atoms with van der Waals surface area (Å²) in [6, 6.07) is 4.50. The molecule has 1 saturated heterocycles. The van der Waals surface area contributed by atoms with E-state index < -0.39 is 4.92 Å². The van der Waals surface area contributed by atoms with Crippen LogP contribution in [0.1, 0.15) is 16.8 Å². The van der Waals surface area contributed by atoms with Gasteiger partial charge in [0.05, 0.1) is 9.40 Å². The van der Waals surface area contributed by atoms with Crippen molar-refractivity contribution in [2.24, 2.45) is 0 Å². The van der Waals surface area contributed by atoms with Crippen LogP contribution in [0.3, 0.4) is 0 Å². The maximum absolute atomic E-state index is 12.0. The molecule has 2 rings (SSSR count). The number of hydrogen-bond donors (Lipinski definition) is 1. The van der Waals surface area contributed by atoms with Gasteiger partial charge in [-0.1, -0.05) is 0 Å². The fourth-order valence-electron chi connectivity index (χ4n) is 2.12. The van der Waals surface area contributed by atoms with Crippen molar-refractivity contribution < 1.29 is 9.72 Å². The lowest BCUT2D eigenvalue weighted by molar-refractivity contribution is -0.385. The molecule has 0 aliphatic carbocycles. The Morgan fingerprint density at radius 1 is 1.58 bits per heavy atom. The van der Waals surface area contributed by atoms with Gasteiger partial charge in [0, 0.05) is 24.2 Å². The Morgan fingerprint density at radius 3 is 2.89 bits per heavy atom. The highest BCUT2D eigenvalue weighted by Gasteiger charge is 2.22. The summed E-state index contributed by atoms with van der Waals surface area (Å²) in [5.41, 5.74) is 0.209. The number of rotatable bonds is 3. The fourth-order valence-corrected chi connectivity index (χ4v) is 2.51. The van der Waals surface area contributed by atoms with Crippen LogP contribution in [-0.4, -0.2) is 41.9 Å². The van der Waals surface area contributed by atoms with Gasteiger partial charge >= 0.3 is 0 Å². The molecular weight excluding hydrogens is 314 g/mol. The van der Waals surface area contributed by atoms with Gasteiger partial charge < -0.3 is 10.2 Å². The van der Waals surface area contributed by atoms with Crippen LogP contribution < -0.4 is 5.32 Å². The number of nitrogens with one attached hydrogen (secondary N) is 1. The molecule has 6 nitrogen and oxygen atoms in total. The molecule has 1 atom stereocenters. The molecule has 0 spiro atoms. The minimum absolute atomic E-state index is 0.101. The van der Waals surface area contributed by atoms with E-state index in [-0.39, 0.29) is 17.6 Å². The number of amides is 1. The first-order valence-corrected chi connectivity index (χ1v) is 6.70. The molecule has 102 valence electrons. The van der Waals surface area contributed by atoms with Crippen LogP contribution in [0.4, 0.5) is 5.69 Å². The SMILES string of the molecule is CN1CCC(NC(=O)c2ccc(Br)c([N+](=O)[O-])c2)C1. The molecule has 1 fully saturated rings. The summed E-state index contributed by atoms with van der Waals surface area (Å²) in [6.45, 7) is 1.76. The van der Waals surface area contributed by atoms with Crippen LogP contribution in [0.2, 0.25) is 0 Å². The molecule has 1 amide bonds. The molecule has 19 heavy (non-hydrogen) atoms. The molecule has 1 aromatic carbocycles. The van der Waals surface area contributed by atoms with Crippen LogP contribution >= 0.6 is 15.9 Å². The Balaban J connectivity index is 2.11. The van der Waals surface area contributed by atoms with Crippen LogP contribution in [0, 0.1) is 10.1 Å². The van der Waals surface area contributed by atoms with E-state index in [9.17, 15) is 14.9 Å². The minimum atomic E-state index is -0.510. The minimum Gasteiger partial charge on any atom is -0.348 e. The first-order valence-electron chi connectivity index (χ1n) is 5.90. The van der Waals surface area contributed by atoms with E-state index in [1.165, 1.54) is 12.1 Å². The molecule has 1 unspecified atom stereocenters. The zero-order valence-electron chi connectivity index (χ0n) is 10.4. The van der Waals surface area contributed by atoms with E-state index in [0.29, 0.717) is 10.0 Å². The molecule has 0 aromatic heterocycles. The smallest absolute Gasteiger partial charge is 0.284 e. The summed E-state index contributed by atoms with van der Waals surface area (Å²) in [6.07, 6.45) is 0.904. The van der Waals surface area contributed by atoms with Crippen molar-refractivity contribution in [1.29, 1.82) is 0 Å². The number of carbonyl (C=O) groups excluding carboxylic acids is 1. The molecule has 0 saturated carbocycles. The van der Waals surface area contributed by atoms with Gasteiger partial charge in [-0.15, -0.1) is 0 Å². The predicted octanol–water partition coefficient (Wildman–Crippen LogP) is 1.79. The largest absolute Gasteiger partial charge is 0.348 e. The first-order chi connectivity index (χ1) is 8.97. The topological polar surface area (TPSA) is 75.5 Å². The number of halogens is 1. The van der Waals surface area contributed by atoms with Crippen molar-refractivity contribution >= 4 is 27.5 Å². The van der Waals surface area contributed by atoms with E-state index in [1.54, 1.807) is 6.07 Å². The third-order valence-electron chi connectivity index (χ3n) is 3.13. The van der Waals surface area contributed by atoms with Gasteiger partial charge in [0.1, 0.15) is 0 Å². The molecule has 1 aromatic rings. The molecule has 0 bridgehead atoms. The van der Waals surface area contributed by atoms with Gasteiger partial charge in [0.2, 0.25) is 0 Å². The van der Waals surface area contributed by atoms with Gasteiger partial charge in [-0.25, -0.2) is 0 Å². The predicted molar refractivity (Wildman–Crippen MR) is 74.2 cm³/mol. The Labute approximate surface area is 119 Å². The van der Waals surface area contributed by atoms with Crippen molar-refractivity contribution in [3.05, 3.63) is 38.3 Å². The summed E-state index contributed by atoms with van der Waals surface area (Å²) < 4.78 is 0.370. The van der Waals surface area contributed by atoms with E-state index in [1.807, 2.05) is 7.05 Å². The lowest BCUT2D eigenvalue weighted by Crippen LogP contribution is -2.36. The van der Waals surface area contributed by atoms with Crippen LogP contribution in [-0.2, 0) is 0 Å². The quantitative estimate of drug-likeness (QED) is 0.678. The van der Waals surface area contributed by atoms with E-state index in [4.69, 9.17) is 0 Å². The van der Waals surface area contributed by atoms with E-state index in [2.05, 4.69) is 26.1 Å². The van der Waals surface area contributed by atoms with Gasteiger partial charge in [-0.2, -0.15) is 0 Å². The second-order valence-electron chi connectivity index (χ2n) is 4.64. The van der Waals surface area contributed by atoms with Gasteiger partial charge in [0.25, 0.3) is 11.6 Å². The Hall–Kier alpha value is -1.47. The highest BCUT2D eigenvalue weighted by atomic mass is 79.9. The number of carbonyl (C=O) groups is 1. The molecule has 1 heterocycles. The lowest BCUT2D eigenvalue weighted by atomic mass is 10.1. The highest BCUT2D eigenvalue weighted by Crippen LogP contribution is 2.25. The van der Waals surface area contributed by atoms with E-state index in [0.717, 1.165) is 19.5 Å². The summed E-state index contributed by atoms with van der Waals surface area (Å²) in [5, 5.41) is 13.7. The van der Waals surface area contributed by atoms with Gasteiger partial charge in [-0.05, 0) is 48.1 Å². The lowest BCUT2D eigenvalue weighted by Gasteiger charge is -2.12. The van der Waals surface area contributed by atoms with Crippen molar-refractivity contribution in [2.45, 2.75) is 12.5 Å². The molecular formula is C12H14BrN3O3. The van der Waals surface area contributed by atoms with Crippen molar-refractivity contribution in [2.75, 3.05) is 20.1 Å². The first kappa shape index (κ1) is 14.0. The number of likely N-dealkylation sites (N-methyl/N-ethyl adjacent to an activating group) is 1. The second kappa shape index (κ2) is 5.66. The molecule has 0 radical (unpaired) electrons. The van der Waals surface area contributed by atoms with Crippen LogP contribution in [0.25, 0.3) is 0 Å². The number of likely N-dealkylation sites (tertiary alicyclic amines) is 1. The van der Waals surface area contributed by atoms with Crippen LogP contribution in [0.5, 0.6) is 0 Å². The third-order valence-corrected chi connectivity index (χ3v) is 3.80. The third kappa shape index (κ3) is 3.30. The number of hydrogen-bond acceptors (Lipinski definition) is 4. The average molecular weight is 328 g/mol. The maximum atomic E-state index is 12.0. The summed E-state index contributed by atoms with van der Waals surface area (Å²) in [4.78, 5) is 24.5. The fraction of sp³-hybridized carbons (Fsp3) is 0.417. The maximum Gasteiger partial charge on any atom is 0.284 e. The number of nitrogens with zero attached hydrogens (tertiary/aromatic N) is 2. The zero-order valence-corrected chi connectivity index (χ0v) is 12.0. The van der Waals surface area contributed by atoms with Crippen LogP contribution in [0.15, 0.2) is 22.7 Å². The highest BCUT2D eigenvalue weighted by molar-refractivity contribution is 9.10. The number of nitro groups is 1. The molecule has 1 aliphatic heterocycles. The Morgan fingerprint density at radius 2 is 2.32 bits per heavy atom. The second-order valence-corrected chi connectivity index (χ2v) is 5.50. The number of benzene rings is 1. The molecule has 1 aliphatic rings. The standard InChI is InChI=1S/C12H14BrN3O3/c1-15-5-4-9(7-15)14-12(17)8-2-3-10(13)11(6-8)16(18)19/h2-3,6,9H,4-5,7H2,1H3,(H,14,17). The van der Waals surface area contributed by atoms with Crippen molar-refractivity contribution in [3.63, 3.8) is 0 Å². The van der Waals surface area contributed by atoms with Gasteiger partial charge in [-0.3, -0.25) is 14.9 Å². The molecule has 7 heteroatoms. The Kier molecular flexibility index (Phi) is 4.16.